The van der Waals surface area contributed by atoms with Gasteiger partial charge in [0.15, 0.2) is 0 Å². The summed E-state index contributed by atoms with van der Waals surface area (Å²) in [6, 6.07) is 13.2. The average Bonchev–Trinajstić information content (AvgIpc) is 2.33. The number of ether oxygens (including phenoxy) is 1. The molecule has 0 atom stereocenters. The Morgan fingerprint density at radius 3 is 2.50 bits per heavy atom. The number of aromatic nitrogens is 1. The van der Waals surface area contributed by atoms with Crippen molar-refractivity contribution in [3.05, 3.63) is 48.7 Å². The zero-order valence-electron chi connectivity index (χ0n) is 8.97. The zero-order chi connectivity index (χ0) is 11.2. The summed E-state index contributed by atoms with van der Waals surface area (Å²) in [5.41, 5.74) is 6.81. The third-order valence-electron chi connectivity index (χ3n) is 1.98. The molecule has 4 heteroatoms. The lowest BCUT2D eigenvalue weighted by molar-refractivity contribution is 0.463. The van der Waals surface area contributed by atoms with Gasteiger partial charge in [-0.05, 0) is 30.3 Å². The molecule has 0 amide bonds. The van der Waals surface area contributed by atoms with E-state index in [1.165, 1.54) is 0 Å². The van der Waals surface area contributed by atoms with Gasteiger partial charge in [-0.1, -0.05) is 6.07 Å². The fourth-order valence-corrected chi connectivity index (χ4v) is 1.28. The van der Waals surface area contributed by atoms with Crippen LogP contribution in [-0.4, -0.2) is 12.0 Å². The van der Waals surface area contributed by atoms with Gasteiger partial charge >= 0.3 is 0 Å². The maximum atomic E-state index is 5.55. The average molecular weight is 215 g/mol. The molecule has 0 fully saturated rings. The van der Waals surface area contributed by atoms with Gasteiger partial charge in [-0.3, -0.25) is 0 Å². The standard InChI is InChI=1S/C12H13N3O/c1-13-15-10-5-7-11(8-6-10)16-12-4-2-3-9-14-12/h2-9,13,15H,1H3. The molecule has 16 heavy (non-hydrogen) atoms. The zero-order valence-corrected chi connectivity index (χ0v) is 8.97. The SMILES string of the molecule is CNNc1ccc(Oc2ccccn2)cc1. The van der Waals surface area contributed by atoms with Crippen molar-refractivity contribution in [3.8, 4) is 11.6 Å². The van der Waals surface area contributed by atoms with Gasteiger partial charge in [0.25, 0.3) is 0 Å². The van der Waals surface area contributed by atoms with Crippen molar-refractivity contribution in [1.82, 2.24) is 10.4 Å². The van der Waals surface area contributed by atoms with Crippen molar-refractivity contribution >= 4 is 5.69 Å². The number of pyridine rings is 1. The number of benzene rings is 1. The van der Waals surface area contributed by atoms with E-state index in [4.69, 9.17) is 4.74 Å². The fourth-order valence-electron chi connectivity index (χ4n) is 1.28. The summed E-state index contributed by atoms with van der Waals surface area (Å²) in [5.74, 6) is 1.36. The molecule has 0 spiro atoms. The monoisotopic (exact) mass is 215 g/mol. The second-order valence-corrected chi connectivity index (χ2v) is 3.17. The van der Waals surface area contributed by atoms with Gasteiger partial charge in [-0.15, -0.1) is 0 Å². The lowest BCUT2D eigenvalue weighted by Crippen LogP contribution is -2.14. The summed E-state index contributed by atoms with van der Waals surface area (Å²) >= 11 is 0. The molecule has 0 radical (unpaired) electrons. The molecule has 0 bridgehead atoms. The summed E-state index contributed by atoms with van der Waals surface area (Å²) in [5, 5.41) is 0. The van der Waals surface area contributed by atoms with Gasteiger partial charge in [-0.25, -0.2) is 10.4 Å². The second kappa shape index (κ2) is 5.14. The molecule has 0 unspecified atom stereocenters. The topological polar surface area (TPSA) is 46.2 Å². The number of hydrogen-bond donors (Lipinski definition) is 2. The minimum atomic E-state index is 0.594. The van der Waals surface area contributed by atoms with Crippen LogP contribution in [0.2, 0.25) is 0 Å². The molecule has 4 nitrogen and oxygen atoms in total. The molecule has 82 valence electrons. The van der Waals surface area contributed by atoms with Crippen molar-refractivity contribution in [1.29, 1.82) is 0 Å². The van der Waals surface area contributed by atoms with Crippen LogP contribution in [0, 0.1) is 0 Å². The van der Waals surface area contributed by atoms with E-state index in [2.05, 4.69) is 15.8 Å². The minimum Gasteiger partial charge on any atom is -0.439 e. The smallest absolute Gasteiger partial charge is 0.219 e. The molecule has 1 aromatic carbocycles. The third-order valence-corrected chi connectivity index (χ3v) is 1.98. The first-order valence-corrected chi connectivity index (χ1v) is 5.00. The first-order chi connectivity index (χ1) is 7.88. The summed E-state index contributed by atoms with van der Waals surface area (Å²) in [7, 11) is 1.82. The van der Waals surface area contributed by atoms with Crippen molar-refractivity contribution in [2.75, 3.05) is 12.5 Å². The van der Waals surface area contributed by atoms with Gasteiger partial charge in [0.2, 0.25) is 5.88 Å². The Bertz CT molecular complexity index is 428. The van der Waals surface area contributed by atoms with Crippen LogP contribution in [0.25, 0.3) is 0 Å². The highest BCUT2D eigenvalue weighted by atomic mass is 16.5. The van der Waals surface area contributed by atoms with Crippen molar-refractivity contribution in [2.45, 2.75) is 0 Å². The molecule has 1 heterocycles. The lowest BCUT2D eigenvalue weighted by Gasteiger charge is -2.06. The number of hydrogen-bond acceptors (Lipinski definition) is 4. The largest absolute Gasteiger partial charge is 0.439 e. The predicted octanol–water partition coefficient (Wildman–Crippen LogP) is 2.42. The molecule has 2 N–H and O–H groups in total. The van der Waals surface area contributed by atoms with Crippen LogP contribution in [0.4, 0.5) is 5.69 Å². The predicted molar refractivity (Wildman–Crippen MR) is 63.4 cm³/mol. The molecule has 2 aromatic rings. The summed E-state index contributed by atoms with van der Waals surface area (Å²) in [4.78, 5) is 4.08. The Morgan fingerprint density at radius 2 is 1.88 bits per heavy atom. The highest BCUT2D eigenvalue weighted by Crippen LogP contribution is 2.20. The Labute approximate surface area is 94.3 Å². The van der Waals surface area contributed by atoms with Crippen LogP contribution in [0.15, 0.2) is 48.7 Å². The van der Waals surface area contributed by atoms with Crippen LogP contribution in [0.3, 0.4) is 0 Å². The number of nitrogens with zero attached hydrogens (tertiary/aromatic N) is 1. The normalized spacial score (nSPS) is 9.81. The summed E-state index contributed by atoms with van der Waals surface area (Å²) in [6.45, 7) is 0. The van der Waals surface area contributed by atoms with Crippen LogP contribution in [0.1, 0.15) is 0 Å². The van der Waals surface area contributed by atoms with Crippen LogP contribution in [-0.2, 0) is 0 Å². The third kappa shape index (κ3) is 2.71. The highest BCUT2D eigenvalue weighted by molar-refractivity contribution is 5.45. The minimum absolute atomic E-state index is 0.594. The fraction of sp³-hybridized carbons (Fsp3) is 0.0833. The van der Waals surface area contributed by atoms with E-state index < -0.39 is 0 Å². The Morgan fingerprint density at radius 1 is 1.06 bits per heavy atom. The molecule has 1 aromatic heterocycles. The maximum absolute atomic E-state index is 5.55. The van der Waals surface area contributed by atoms with E-state index in [1.807, 2.05) is 49.5 Å². The highest BCUT2D eigenvalue weighted by Gasteiger charge is 1.97. The summed E-state index contributed by atoms with van der Waals surface area (Å²) < 4.78 is 5.55. The van der Waals surface area contributed by atoms with Crippen LogP contribution in [0.5, 0.6) is 11.6 Å². The van der Waals surface area contributed by atoms with E-state index >= 15 is 0 Å². The van der Waals surface area contributed by atoms with Gasteiger partial charge in [0, 0.05) is 25.0 Å². The van der Waals surface area contributed by atoms with Gasteiger partial charge in [0.1, 0.15) is 5.75 Å². The van der Waals surface area contributed by atoms with Crippen molar-refractivity contribution < 1.29 is 4.74 Å². The van der Waals surface area contributed by atoms with E-state index in [1.54, 1.807) is 6.20 Å². The van der Waals surface area contributed by atoms with E-state index in [0.717, 1.165) is 11.4 Å². The first kappa shape index (κ1) is 10.4. The number of nitrogens with one attached hydrogen (secondary N) is 2. The van der Waals surface area contributed by atoms with E-state index in [-0.39, 0.29) is 0 Å². The Hall–Kier alpha value is -2.07. The molecule has 2 rings (SSSR count). The molecule has 0 aliphatic heterocycles. The molecular formula is C12H13N3O. The van der Waals surface area contributed by atoms with Crippen LogP contribution < -0.4 is 15.6 Å². The Kier molecular flexibility index (Phi) is 3.35. The molecule has 0 saturated carbocycles. The van der Waals surface area contributed by atoms with Crippen molar-refractivity contribution in [2.24, 2.45) is 0 Å². The maximum Gasteiger partial charge on any atom is 0.219 e. The molecular weight excluding hydrogens is 202 g/mol. The second-order valence-electron chi connectivity index (χ2n) is 3.17. The number of anilines is 1. The van der Waals surface area contributed by atoms with E-state index in [9.17, 15) is 0 Å². The van der Waals surface area contributed by atoms with E-state index in [0.29, 0.717) is 5.88 Å². The Balaban J connectivity index is 2.05. The number of rotatable bonds is 4. The first-order valence-electron chi connectivity index (χ1n) is 5.00. The number of hydrazine groups is 1. The summed E-state index contributed by atoms with van der Waals surface area (Å²) in [6.07, 6.45) is 1.70. The molecule has 0 aliphatic rings. The van der Waals surface area contributed by atoms with Gasteiger partial charge in [-0.2, -0.15) is 0 Å². The van der Waals surface area contributed by atoms with Gasteiger partial charge < -0.3 is 10.2 Å². The molecule has 0 aliphatic carbocycles. The molecule has 0 saturated heterocycles. The lowest BCUT2D eigenvalue weighted by atomic mass is 10.3. The van der Waals surface area contributed by atoms with Crippen LogP contribution >= 0.6 is 0 Å². The van der Waals surface area contributed by atoms with Gasteiger partial charge in [0.05, 0.1) is 0 Å². The van der Waals surface area contributed by atoms with Crippen molar-refractivity contribution in [3.63, 3.8) is 0 Å². The quantitative estimate of drug-likeness (QED) is 0.769.